The van der Waals surface area contributed by atoms with E-state index >= 15 is 0 Å². The van der Waals surface area contributed by atoms with Crippen molar-refractivity contribution in [1.29, 1.82) is 0 Å². The molecule has 0 saturated heterocycles. The minimum atomic E-state index is -0.345. The van der Waals surface area contributed by atoms with E-state index < -0.39 is 0 Å². The minimum Gasteiger partial charge on any atom is -0.391 e. The summed E-state index contributed by atoms with van der Waals surface area (Å²) >= 11 is 3.35. The summed E-state index contributed by atoms with van der Waals surface area (Å²) < 4.78 is 0. The highest BCUT2D eigenvalue weighted by Crippen LogP contribution is 2.18. The van der Waals surface area contributed by atoms with Crippen molar-refractivity contribution in [3.63, 3.8) is 0 Å². The number of aliphatic hydroxyl groups is 1. The Bertz CT molecular complexity index is 211. The lowest BCUT2D eigenvalue weighted by Gasteiger charge is -2.21. The summed E-state index contributed by atoms with van der Waals surface area (Å²) in [7, 11) is 0. The van der Waals surface area contributed by atoms with Gasteiger partial charge in [0.1, 0.15) is 0 Å². The van der Waals surface area contributed by atoms with E-state index in [0.29, 0.717) is 6.42 Å². The van der Waals surface area contributed by atoms with Crippen LogP contribution in [-0.2, 0) is 4.79 Å². The summed E-state index contributed by atoms with van der Waals surface area (Å²) in [6.07, 6.45) is 7.29. The van der Waals surface area contributed by atoms with E-state index in [9.17, 15) is 9.90 Å². The van der Waals surface area contributed by atoms with Crippen molar-refractivity contribution >= 4 is 21.8 Å². The molecule has 1 rings (SSSR count). The van der Waals surface area contributed by atoms with Gasteiger partial charge in [-0.25, -0.2) is 0 Å². The SMILES string of the molecule is O=C(CCCCBr)NC1CCCCCC1O. The van der Waals surface area contributed by atoms with E-state index in [1.165, 1.54) is 6.42 Å². The van der Waals surface area contributed by atoms with Gasteiger partial charge in [0.15, 0.2) is 0 Å². The fourth-order valence-corrected chi connectivity index (χ4v) is 2.51. The van der Waals surface area contributed by atoms with Crippen LogP contribution in [0.1, 0.15) is 51.4 Å². The molecular formula is C12H22BrNO2. The Balaban J connectivity index is 2.25. The molecule has 3 nitrogen and oxygen atoms in total. The number of unbranched alkanes of at least 4 members (excludes halogenated alkanes) is 1. The molecule has 2 unspecified atom stereocenters. The number of alkyl halides is 1. The van der Waals surface area contributed by atoms with E-state index in [1.54, 1.807) is 0 Å². The lowest BCUT2D eigenvalue weighted by atomic mass is 10.1. The Morgan fingerprint density at radius 1 is 1.25 bits per heavy atom. The topological polar surface area (TPSA) is 49.3 Å². The second-order valence-electron chi connectivity index (χ2n) is 4.53. The summed E-state index contributed by atoms with van der Waals surface area (Å²) in [6, 6.07) is -0.0148. The Kier molecular flexibility index (Phi) is 7.05. The molecule has 1 amide bonds. The third-order valence-electron chi connectivity index (χ3n) is 3.11. The standard InChI is InChI=1S/C12H22BrNO2/c13-9-5-4-8-12(16)14-10-6-2-1-3-7-11(10)15/h10-11,15H,1-9H2,(H,14,16). The van der Waals surface area contributed by atoms with Crippen molar-refractivity contribution < 1.29 is 9.90 Å². The van der Waals surface area contributed by atoms with Crippen LogP contribution in [0.5, 0.6) is 0 Å². The van der Waals surface area contributed by atoms with Gasteiger partial charge in [0, 0.05) is 11.8 Å². The largest absolute Gasteiger partial charge is 0.391 e. The lowest BCUT2D eigenvalue weighted by molar-refractivity contribution is -0.122. The number of hydrogen-bond donors (Lipinski definition) is 2. The molecule has 0 heterocycles. The number of rotatable bonds is 5. The minimum absolute atomic E-state index is 0.0148. The van der Waals surface area contributed by atoms with E-state index in [-0.39, 0.29) is 18.1 Å². The Morgan fingerprint density at radius 3 is 2.75 bits per heavy atom. The molecule has 1 fully saturated rings. The number of carbonyl (C=O) groups is 1. The van der Waals surface area contributed by atoms with E-state index in [2.05, 4.69) is 21.2 Å². The van der Waals surface area contributed by atoms with Gasteiger partial charge in [-0.1, -0.05) is 35.2 Å². The third kappa shape index (κ3) is 5.30. The number of halogens is 1. The molecule has 0 aromatic rings. The molecule has 4 heteroatoms. The summed E-state index contributed by atoms with van der Waals surface area (Å²) in [4.78, 5) is 11.6. The number of aliphatic hydroxyl groups excluding tert-OH is 1. The van der Waals surface area contributed by atoms with Crippen LogP contribution in [0.15, 0.2) is 0 Å². The molecular weight excluding hydrogens is 270 g/mol. The Hall–Kier alpha value is -0.0900. The van der Waals surface area contributed by atoms with Crippen molar-refractivity contribution in [3.05, 3.63) is 0 Å². The zero-order chi connectivity index (χ0) is 11.8. The van der Waals surface area contributed by atoms with Crippen LogP contribution in [0.25, 0.3) is 0 Å². The first-order valence-electron chi connectivity index (χ1n) is 6.27. The van der Waals surface area contributed by atoms with Crippen LogP contribution in [0.2, 0.25) is 0 Å². The fourth-order valence-electron chi connectivity index (χ4n) is 2.12. The van der Waals surface area contributed by atoms with Crippen LogP contribution in [0.3, 0.4) is 0 Å². The van der Waals surface area contributed by atoms with Gasteiger partial charge in [-0.3, -0.25) is 4.79 Å². The number of hydrogen-bond acceptors (Lipinski definition) is 2. The first-order chi connectivity index (χ1) is 7.74. The number of nitrogens with one attached hydrogen (secondary N) is 1. The molecule has 2 N–H and O–H groups in total. The summed E-state index contributed by atoms with van der Waals surface area (Å²) in [5.74, 6) is 0.0897. The smallest absolute Gasteiger partial charge is 0.220 e. The molecule has 0 aliphatic heterocycles. The van der Waals surface area contributed by atoms with Crippen LogP contribution >= 0.6 is 15.9 Å². The summed E-state index contributed by atoms with van der Waals surface area (Å²) in [5.41, 5.74) is 0. The molecule has 0 bridgehead atoms. The molecule has 16 heavy (non-hydrogen) atoms. The van der Waals surface area contributed by atoms with Gasteiger partial charge in [0.05, 0.1) is 12.1 Å². The van der Waals surface area contributed by atoms with Gasteiger partial charge in [-0.2, -0.15) is 0 Å². The summed E-state index contributed by atoms with van der Waals surface area (Å²) in [6.45, 7) is 0. The molecule has 0 spiro atoms. The van der Waals surface area contributed by atoms with Crippen molar-refractivity contribution in [2.45, 2.75) is 63.5 Å². The van der Waals surface area contributed by atoms with Gasteiger partial charge in [0.25, 0.3) is 0 Å². The van der Waals surface area contributed by atoms with Crippen LogP contribution in [0, 0.1) is 0 Å². The average molecular weight is 292 g/mol. The van der Waals surface area contributed by atoms with Crippen molar-refractivity contribution in [2.24, 2.45) is 0 Å². The van der Waals surface area contributed by atoms with E-state index in [0.717, 1.165) is 43.9 Å². The highest BCUT2D eigenvalue weighted by atomic mass is 79.9. The molecule has 0 radical (unpaired) electrons. The average Bonchev–Trinajstić information content (AvgIpc) is 2.45. The molecule has 1 aliphatic rings. The van der Waals surface area contributed by atoms with Crippen molar-refractivity contribution in [2.75, 3.05) is 5.33 Å². The van der Waals surface area contributed by atoms with Crippen molar-refractivity contribution in [1.82, 2.24) is 5.32 Å². The molecule has 0 aromatic heterocycles. The molecule has 0 aromatic carbocycles. The first kappa shape index (κ1) is 14.0. The monoisotopic (exact) mass is 291 g/mol. The second kappa shape index (κ2) is 8.07. The van der Waals surface area contributed by atoms with E-state index in [4.69, 9.17) is 0 Å². The predicted octanol–water partition coefficient (Wildman–Crippen LogP) is 2.36. The van der Waals surface area contributed by atoms with Gasteiger partial charge in [-0.05, 0) is 25.7 Å². The maximum Gasteiger partial charge on any atom is 0.220 e. The zero-order valence-electron chi connectivity index (χ0n) is 9.75. The normalized spacial score (nSPS) is 26.1. The zero-order valence-corrected chi connectivity index (χ0v) is 11.3. The van der Waals surface area contributed by atoms with Crippen LogP contribution in [0.4, 0.5) is 0 Å². The van der Waals surface area contributed by atoms with Gasteiger partial charge in [-0.15, -0.1) is 0 Å². The number of amides is 1. The van der Waals surface area contributed by atoms with Crippen LogP contribution in [-0.4, -0.2) is 28.5 Å². The third-order valence-corrected chi connectivity index (χ3v) is 3.67. The molecule has 2 atom stereocenters. The fraction of sp³-hybridized carbons (Fsp3) is 0.917. The van der Waals surface area contributed by atoms with Gasteiger partial charge in [0.2, 0.25) is 5.91 Å². The second-order valence-corrected chi connectivity index (χ2v) is 5.32. The molecule has 94 valence electrons. The lowest BCUT2D eigenvalue weighted by Crippen LogP contribution is -2.42. The van der Waals surface area contributed by atoms with E-state index in [1.807, 2.05) is 0 Å². The Morgan fingerprint density at radius 2 is 2.00 bits per heavy atom. The number of carbonyl (C=O) groups excluding carboxylic acids is 1. The van der Waals surface area contributed by atoms with Gasteiger partial charge >= 0.3 is 0 Å². The summed E-state index contributed by atoms with van der Waals surface area (Å²) in [5, 5.41) is 13.8. The Labute approximate surface area is 106 Å². The molecule has 1 saturated carbocycles. The first-order valence-corrected chi connectivity index (χ1v) is 7.39. The van der Waals surface area contributed by atoms with Crippen molar-refractivity contribution in [3.8, 4) is 0 Å². The molecule has 1 aliphatic carbocycles. The quantitative estimate of drug-likeness (QED) is 0.464. The highest BCUT2D eigenvalue weighted by Gasteiger charge is 2.22. The van der Waals surface area contributed by atoms with Crippen LogP contribution < -0.4 is 5.32 Å². The maximum absolute atomic E-state index is 11.6. The predicted molar refractivity (Wildman–Crippen MR) is 68.7 cm³/mol. The van der Waals surface area contributed by atoms with Gasteiger partial charge < -0.3 is 10.4 Å². The highest BCUT2D eigenvalue weighted by molar-refractivity contribution is 9.09. The maximum atomic E-state index is 11.6.